The first kappa shape index (κ1) is 10.0. The van der Waals surface area contributed by atoms with Crippen molar-refractivity contribution in [3.63, 3.8) is 0 Å². The molecular weight excluding hydrogens is 150 g/mol. The second-order valence-electron chi connectivity index (χ2n) is 4.22. The molecular formula is C10H21NO. The number of β-amino-alcohol motifs (C(OH)–C–C–N with tert-alkyl or cyclic N) is 1. The molecule has 0 radical (unpaired) electrons. The minimum absolute atomic E-state index is 0.409. The molecule has 1 aliphatic heterocycles. The van der Waals surface area contributed by atoms with Crippen molar-refractivity contribution in [2.24, 2.45) is 5.92 Å². The second-order valence-corrected chi connectivity index (χ2v) is 4.22. The molecule has 2 heteroatoms. The van der Waals surface area contributed by atoms with Crippen LogP contribution in [0.3, 0.4) is 0 Å². The van der Waals surface area contributed by atoms with Crippen LogP contribution in [-0.4, -0.2) is 23.8 Å². The van der Waals surface area contributed by atoms with Gasteiger partial charge in [-0.05, 0) is 31.7 Å². The Hall–Kier alpha value is -0.0800. The van der Waals surface area contributed by atoms with Gasteiger partial charge in [0.25, 0.3) is 0 Å². The molecule has 0 aromatic heterocycles. The summed E-state index contributed by atoms with van der Waals surface area (Å²) >= 11 is 0. The number of hydrogen-bond donors (Lipinski definition) is 2. The summed E-state index contributed by atoms with van der Waals surface area (Å²) in [6.45, 7) is 6.26. The maximum absolute atomic E-state index is 10.1. The Kier molecular flexibility index (Phi) is 3.53. The summed E-state index contributed by atoms with van der Waals surface area (Å²) in [5, 5.41) is 13.4. The molecule has 0 spiro atoms. The summed E-state index contributed by atoms with van der Waals surface area (Å²) in [5.74, 6) is 0.648. The maximum Gasteiger partial charge on any atom is 0.0774 e. The first-order chi connectivity index (χ1) is 5.66. The van der Waals surface area contributed by atoms with Gasteiger partial charge >= 0.3 is 0 Å². The summed E-state index contributed by atoms with van der Waals surface area (Å²) in [4.78, 5) is 0. The lowest BCUT2D eigenvalue weighted by atomic mass is 9.84. The SMILES string of the molecule is CCC(C)CC1(O)CCCNC1. The van der Waals surface area contributed by atoms with E-state index in [-0.39, 0.29) is 0 Å². The Morgan fingerprint density at radius 3 is 2.83 bits per heavy atom. The van der Waals surface area contributed by atoms with E-state index in [4.69, 9.17) is 0 Å². The van der Waals surface area contributed by atoms with Crippen LogP contribution in [-0.2, 0) is 0 Å². The van der Waals surface area contributed by atoms with Crippen LogP contribution in [0.2, 0.25) is 0 Å². The van der Waals surface area contributed by atoms with E-state index in [9.17, 15) is 5.11 Å². The molecule has 12 heavy (non-hydrogen) atoms. The third kappa shape index (κ3) is 2.76. The lowest BCUT2D eigenvalue weighted by Gasteiger charge is -2.34. The molecule has 0 aliphatic carbocycles. The predicted molar refractivity (Wildman–Crippen MR) is 51.1 cm³/mol. The fourth-order valence-corrected chi connectivity index (χ4v) is 1.92. The summed E-state index contributed by atoms with van der Waals surface area (Å²) in [6.07, 6.45) is 4.22. The van der Waals surface area contributed by atoms with Crippen molar-refractivity contribution < 1.29 is 5.11 Å². The summed E-state index contributed by atoms with van der Waals surface area (Å²) in [6, 6.07) is 0. The minimum Gasteiger partial charge on any atom is -0.389 e. The van der Waals surface area contributed by atoms with Gasteiger partial charge in [0.05, 0.1) is 5.60 Å². The highest BCUT2D eigenvalue weighted by Gasteiger charge is 2.29. The highest BCUT2D eigenvalue weighted by atomic mass is 16.3. The predicted octanol–water partition coefficient (Wildman–Crippen LogP) is 1.54. The average Bonchev–Trinajstić information content (AvgIpc) is 2.05. The highest BCUT2D eigenvalue weighted by Crippen LogP contribution is 2.25. The van der Waals surface area contributed by atoms with Gasteiger partial charge < -0.3 is 10.4 Å². The number of aliphatic hydroxyl groups is 1. The molecule has 1 fully saturated rings. The first-order valence-corrected chi connectivity index (χ1v) is 5.09. The third-order valence-electron chi connectivity index (χ3n) is 2.88. The van der Waals surface area contributed by atoms with Gasteiger partial charge in [-0.1, -0.05) is 20.3 Å². The van der Waals surface area contributed by atoms with Gasteiger partial charge in [0.15, 0.2) is 0 Å². The van der Waals surface area contributed by atoms with Crippen molar-refractivity contribution in [2.45, 2.75) is 45.1 Å². The summed E-state index contributed by atoms with van der Waals surface area (Å²) < 4.78 is 0. The molecule has 1 heterocycles. The molecule has 2 atom stereocenters. The Morgan fingerprint density at radius 1 is 1.58 bits per heavy atom. The van der Waals surface area contributed by atoms with E-state index in [0.29, 0.717) is 5.92 Å². The number of rotatable bonds is 3. The van der Waals surface area contributed by atoms with Crippen molar-refractivity contribution in [1.29, 1.82) is 0 Å². The molecule has 0 saturated carbocycles. The van der Waals surface area contributed by atoms with Crippen molar-refractivity contribution in [2.75, 3.05) is 13.1 Å². The molecule has 1 rings (SSSR count). The van der Waals surface area contributed by atoms with Crippen LogP contribution in [0, 0.1) is 5.92 Å². The zero-order valence-corrected chi connectivity index (χ0v) is 8.27. The van der Waals surface area contributed by atoms with Crippen LogP contribution in [0.4, 0.5) is 0 Å². The normalized spacial score (nSPS) is 33.2. The zero-order chi connectivity index (χ0) is 9.03. The van der Waals surface area contributed by atoms with Gasteiger partial charge in [0, 0.05) is 6.54 Å². The van der Waals surface area contributed by atoms with E-state index in [1.807, 2.05) is 0 Å². The van der Waals surface area contributed by atoms with E-state index in [0.717, 1.165) is 32.4 Å². The van der Waals surface area contributed by atoms with Crippen LogP contribution in [0.25, 0.3) is 0 Å². The van der Waals surface area contributed by atoms with Gasteiger partial charge in [-0.15, -0.1) is 0 Å². The Bertz CT molecular complexity index is 130. The van der Waals surface area contributed by atoms with E-state index in [1.54, 1.807) is 0 Å². The van der Waals surface area contributed by atoms with Crippen LogP contribution >= 0.6 is 0 Å². The Morgan fingerprint density at radius 2 is 2.33 bits per heavy atom. The molecule has 72 valence electrons. The van der Waals surface area contributed by atoms with Crippen molar-refractivity contribution in [1.82, 2.24) is 5.32 Å². The standard InChI is InChI=1S/C10H21NO/c1-3-9(2)7-10(12)5-4-6-11-8-10/h9,11-12H,3-8H2,1-2H3. The highest BCUT2D eigenvalue weighted by molar-refractivity contribution is 4.86. The van der Waals surface area contributed by atoms with E-state index in [2.05, 4.69) is 19.2 Å². The fraction of sp³-hybridized carbons (Fsp3) is 1.00. The molecule has 1 saturated heterocycles. The van der Waals surface area contributed by atoms with Gasteiger partial charge in [-0.25, -0.2) is 0 Å². The molecule has 2 nitrogen and oxygen atoms in total. The molecule has 2 N–H and O–H groups in total. The average molecular weight is 171 g/mol. The lowest BCUT2D eigenvalue weighted by molar-refractivity contribution is -0.00419. The van der Waals surface area contributed by atoms with Gasteiger partial charge in [0.1, 0.15) is 0 Å². The topological polar surface area (TPSA) is 32.3 Å². The molecule has 0 bridgehead atoms. The van der Waals surface area contributed by atoms with E-state index in [1.165, 1.54) is 6.42 Å². The largest absolute Gasteiger partial charge is 0.389 e. The van der Waals surface area contributed by atoms with Gasteiger partial charge in [0.2, 0.25) is 0 Å². The second kappa shape index (κ2) is 4.24. The molecule has 0 aromatic carbocycles. The summed E-state index contributed by atoms with van der Waals surface area (Å²) in [5.41, 5.74) is -0.409. The molecule has 0 amide bonds. The zero-order valence-electron chi connectivity index (χ0n) is 8.27. The monoisotopic (exact) mass is 171 g/mol. The van der Waals surface area contributed by atoms with Crippen LogP contribution < -0.4 is 5.32 Å². The first-order valence-electron chi connectivity index (χ1n) is 5.09. The lowest BCUT2D eigenvalue weighted by Crippen LogP contribution is -2.46. The summed E-state index contributed by atoms with van der Waals surface area (Å²) in [7, 11) is 0. The van der Waals surface area contributed by atoms with Crippen molar-refractivity contribution in [3.8, 4) is 0 Å². The van der Waals surface area contributed by atoms with Crippen LogP contribution in [0.15, 0.2) is 0 Å². The number of piperidine rings is 1. The quantitative estimate of drug-likeness (QED) is 0.675. The number of nitrogens with one attached hydrogen (secondary N) is 1. The third-order valence-corrected chi connectivity index (χ3v) is 2.88. The molecule has 2 unspecified atom stereocenters. The Labute approximate surface area is 75.4 Å². The Balaban J connectivity index is 2.35. The van der Waals surface area contributed by atoms with Crippen molar-refractivity contribution in [3.05, 3.63) is 0 Å². The number of hydrogen-bond acceptors (Lipinski definition) is 2. The van der Waals surface area contributed by atoms with E-state index >= 15 is 0 Å². The minimum atomic E-state index is -0.409. The van der Waals surface area contributed by atoms with Gasteiger partial charge in [-0.3, -0.25) is 0 Å². The van der Waals surface area contributed by atoms with E-state index < -0.39 is 5.60 Å². The maximum atomic E-state index is 10.1. The van der Waals surface area contributed by atoms with Crippen LogP contribution in [0.1, 0.15) is 39.5 Å². The van der Waals surface area contributed by atoms with Crippen molar-refractivity contribution >= 4 is 0 Å². The van der Waals surface area contributed by atoms with Gasteiger partial charge in [-0.2, -0.15) is 0 Å². The van der Waals surface area contributed by atoms with Crippen LogP contribution in [0.5, 0.6) is 0 Å². The fourth-order valence-electron chi connectivity index (χ4n) is 1.92. The smallest absolute Gasteiger partial charge is 0.0774 e. The molecule has 1 aliphatic rings. The molecule has 0 aromatic rings.